The van der Waals surface area contributed by atoms with Crippen molar-refractivity contribution < 1.29 is 33.0 Å². The van der Waals surface area contributed by atoms with Gasteiger partial charge in [-0.15, -0.1) is 0 Å². The van der Waals surface area contributed by atoms with E-state index in [9.17, 15) is 28.3 Å². The zero-order valence-electron chi connectivity index (χ0n) is 20.3. The lowest BCUT2D eigenvalue weighted by Gasteiger charge is -2.39. The molecule has 36 heavy (non-hydrogen) atoms. The second-order valence-corrected chi connectivity index (χ2v) is 8.17. The molecule has 2 aromatic rings. The van der Waals surface area contributed by atoms with Crippen LogP contribution in [0.25, 0.3) is 0 Å². The summed E-state index contributed by atoms with van der Waals surface area (Å²) in [7, 11) is 1.50. The standard InChI is InChI=1S/C24H30F2N4O6/c1-3-4-10-36-22-20-24(34)28(8-11-35-2)15-29(7-9-31)30(20)14-18(21(22)32)23(33)27-13-16-5-6-17(25)12-19(16)26/h5-6,12,14,31H,3-4,7-11,13,15H2,1-2H3,(H,27,33). The largest absolute Gasteiger partial charge is 0.487 e. The summed E-state index contributed by atoms with van der Waals surface area (Å²) >= 11 is 0. The molecule has 0 spiro atoms. The van der Waals surface area contributed by atoms with Gasteiger partial charge in [0.1, 0.15) is 23.9 Å². The van der Waals surface area contributed by atoms with Gasteiger partial charge in [-0.2, -0.15) is 0 Å². The fourth-order valence-electron chi connectivity index (χ4n) is 3.69. The van der Waals surface area contributed by atoms with Gasteiger partial charge in [0, 0.05) is 38.0 Å². The Morgan fingerprint density at radius 3 is 2.64 bits per heavy atom. The van der Waals surface area contributed by atoms with Crippen LogP contribution in [0.4, 0.5) is 8.78 Å². The smallest absolute Gasteiger partial charge is 0.277 e. The molecule has 1 aromatic carbocycles. The molecule has 10 nitrogen and oxygen atoms in total. The van der Waals surface area contributed by atoms with Gasteiger partial charge in [-0.3, -0.25) is 24.1 Å². The van der Waals surface area contributed by atoms with Gasteiger partial charge in [0.05, 0.1) is 26.4 Å². The van der Waals surface area contributed by atoms with Gasteiger partial charge in [0.25, 0.3) is 11.8 Å². The van der Waals surface area contributed by atoms with Gasteiger partial charge in [0.2, 0.25) is 5.43 Å². The first-order chi connectivity index (χ1) is 17.3. The fourth-order valence-corrected chi connectivity index (χ4v) is 3.69. The van der Waals surface area contributed by atoms with E-state index in [0.29, 0.717) is 12.5 Å². The molecule has 0 aliphatic carbocycles. The second-order valence-electron chi connectivity index (χ2n) is 8.17. The summed E-state index contributed by atoms with van der Waals surface area (Å²) < 4.78 is 39.3. The normalized spacial score (nSPS) is 13.1. The van der Waals surface area contributed by atoms with E-state index in [4.69, 9.17) is 9.47 Å². The first kappa shape index (κ1) is 27.1. The van der Waals surface area contributed by atoms with Crippen LogP contribution >= 0.6 is 0 Å². The lowest BCUT2D eigenvalue weighted by atomic mass is 10.1. The van der Waals surface area contributed by atoms with Crippen molar-refractivity contribution in [2.24, 2.45) is 0 Å². The average molecular weight is 509 g/mol. The minimum atomic E-state index is -0.836. The minimum absolute atomic E-state index is 0.0353. The number of benzene rings is 1. The zero-order chi connectivity index (χ0) is 26.2. The van der Waals surface area contributed by atoms with Crippen LogP contribution in [-0.4, -0.2) is 73.2 Å². The van der Waals surface area contributed by atoms with E-state index in [-0.39, 0.29) is 68.7 Å². The molecule has 2 N–H and O–H groups in total. The topological polar surface area (TPSA) is 113 Å². The summed E-state index contributed by atoms with van der Waals surface area (Å²) in [5.41, 5.74) is -1.14. The number of pyridine rings is 1. The molecule has 2 amide bonds. The molecule has 0 radical (unpaired) electrons. The van der Waals surface area contributed by atoms with Crippen molar-refractivity contribution in [1.29, 1.82) is 0 Å². The Balaban J connectivity index is 2.02. The molecule has 1 aliphatic heterocycles. The molecule has 0 unspecified atom stereocenters. The molecule has 2 heterocycles. The number of hydrogen-bond acceptors (Lipinski definition) is 7. The van der Waals surface area contributed by atoms with Gasteiger partial charge in [-0.25, -0.2) is 8.78 Å². The predicted octanol–water partition coefficient (Wildman–Crippen LogP) is 1.23. The highest BCUT2D eigenvalue weighted by Crippen LogP contribution is 2.23. The van der Waals surface area contributed by atoms with E-state index in [1.165, 1.54) is 28.9 Å². The molecule has 12 heteroatoms. The number of unbranched alkanes of at least 4 members (excludes halogenated alkanes) is 1. The van der Waals surface area contributed by atoms with Crippen molar-refractivity contribution in [3.8, 4) is 5.75 Å². The van der Waals surface area contributed by atoms with E-state index in [0.717, 1.165) is 12.5 Å². The van der Waals surface area contributed by atoms with E-state index < -0.39 is 28.9 Å². The first-order valence-electron chi connectivity index (χ1n) is 11.6. The van der Waals surface area contributed by atoms with Gasteiger partial charge in [0.15, 0.2) is 11.4 Å². The number of nitrogens with zero attached hydrogens (tertiary/aromatic N) is 3. The number of aliphatic hydroxyl groups excluding tert-OH is 1. The maximum absolute atomic E-state index is 14.0. The number of halogens is 2. The monoisotopic (exact) mass is 508 g/mol. The highest BCUT2D eigenvalue weighted by Gasteiger charge is 2.35. The number of amides is 2. The quantitative estimate of drug-likeness (QED) is 0.415. The number of β-amino-alcohol motifs (C(OH)–C–C–N with tert-alkyl or cyclic N) is 1. The highest BCUT2D eigenvalue weighted by molar-refractivity contribution is 5.99. The minimum Gasteiger partial charge on any atom is -0.487 e. The fraction of sp³-hybridized carbons (Fsp3) is 0.458. The summed E-state index contributed by atoms with van der Waals surface area (Å²) in [4.78, 5) is 41.1. The Bertz CT molecular complexity index is 1160. The predicted molar refractivity (Wildman–Crippen MR) is 127 cm³/mol. The molecule has 0 atom stereocenters. The average Bonchev–Trinajstić information content (AvgIpc) is 2.85. The number of rotatable bonds is 12. The van der Waals surface area contributed by atoms with Gasteiger partial charge >= 0.3 is 0 Å². The van der Waals surface area contributed by atoms with Crippen LogP contribution in [0.15, 0.2) is 29.2 Å². The van der Waals surface area contributed by atoms with E-state index >= 15 is 0 Å². The summed E-state index contributed by atoms with van der Waals surface area (Å²) in [5.74, 6) is -3.17. The lowest BCUT2D eigenvalue weighted by Crippen LogP contribution is -2.56. The molecule has 196 valence electrons. The van der Waals surface area contributed by atoms with E-state index in [1.807, 2.05) is 6.92 Å². The number of fused-ring (bicyclic) bond motifs is 1. The first-order valence-corrected chi connectivity index (χ1v) is 11.6. The number of nitrogens with one attached hydrogen (secondary N) is 1. The van der Waals surface area contributed by atoms with Crippen LogP contribution in [0.1, 0.15) is 46.2 Å². The van der Waals surface area contributed by atoms with Gasteiger partial charge < -0.3 is 24.8 Å². The van der Waals surface area contributed by atoms with Crippen LogP contribution in [0.2, 0.25) is 0 Å². The van der Waals surface area contributed by atoms with Crippen LogP contribution in [0, 0.1) is 11.6 Å². The highest BCUT2D eigenvalue weighted by atomic mass is 19.1. The number of hydrogen-bond donors (Lipinski definition) is 2. The number of methoxy groups -OCH3 is 1. The number of carbonyl (C=O) groups is 2. The van der Waals surface area contributed by atoms with Crippen molar-refractivity contribution >= 4 is 11.8 Å². The molecular formula is C24H30F2N4O6. The van der Waals surface area contributed by atoms with E-state index in [2.05, 4.69) is 5.32 Å². The maximum atomic E-state index is 14.0. The van der Waals surface area contributed by atoms with E-state index in [1.54, 1.807) is 5.01 Å². The van der Waals surface area contributed by atoms with Crippen molar-refractivity contribution in [1.82, 2.24) is 14.9 Å². The summed E-state index contributed by atoms with van der Waals surface area (Å²) in [6.45, 7) is 2.22. The summed E-state index contributed by atoms with van der Waals surface area (Å²) in [5, 5.41) is 13.6. The van der Waals surface area contributed by atoms with Crippen LogP contribution < -0.4 is 20.5 Å². The SMILES string of the molecule is CCCCOc1c2n(cc(C(=O)NCc3ccc(F)cc3F)c1=O)N(CCO)CN(CCOC)C2=O. The van der Waals surface area contributed by atoms with Crippen molar-refractivity contribution in [2.75, 3.05) is 51.7 Å². The van der Waals surface area contributed by atoms with Crippen LogP contribution in [0.3, 0.4) is 0 Å². The third-order valence-electron chi connectivity index (χ3n) is 5.64. The Morgan fingerprint density at radius 1 is 1.19 bits per heavy atom. The van der Waals surface area contributed by atoms with Crippen molar-refractivity contribution in [2.45, 2.75) is 26.3 Å². The second kappa shape index (κ2) is 12.5. The lowest BCUT2D eigenvalue weighted by molar-refractivity contribution is 0.0613. The molecular weight excluding hydrogens is 478 g/mol. The Hall–Kier alpha value is -3.51. The number of ether oxygens (including phenoxy) is 2. The van der Waals surface area contributed by atoms with Gasteiger partial charge in [-0.1, -0.05) is 19.4 Å². The maximum Gasteiger partial charge on any atom is 0.277 e. The van der Waals surface area contributed by atoms with Crippen LogP contribution in [0.5, 0.6) is 5.75 Å². The molecule has 0 saturated heterocycles. The summed E-state index contributed by atoms with van der Waals surface area (Å²) in [6.07, 6.45) is 2.60. The Kier molecular flexibility index (Phi) is 9.37. The Labute approximate surface area is 207 Å². The summed E-state index contributed by atoms with van der Waals surface area (Å²) in [6, 6.07) is 2.95. The van der Waals surface area contributed by atoms with Crippen molar-refractivity contribution in [3.05, 3.63) is 63.1 Å². The number of aromatic nitrogens is 1. The van der Waals surface area contributed by atoms with Crippen molar-refractivity contribution in [3.63, 3.8) is 0 Å². The number of carbonyl (C=O) groups excluding carboxylic acids is 2. The molecule has 0 bridgehead atoms. The van der Waals surface area contributed by atoms with Gasteiger partial charge in [-0.05, 0) is 12.5 Å². The third kappa shape index (κ3) is 6.00. The molecule has 1 aliphatic rings. The van der Waals surface area contributed by atoms with Crippen LogP contribution in [-0.2, 0) is 11.3 Å². The third-order valence-corrected chi connectivity index (χ3v) is 5.64. The molecule has 0 saturated carbocycles. The molecule has 1 aromatic heterocycles. The molecule has 3 rings (SSSR count). The molecule has 0 fully saturated rings. The Morgan fingerprint density at radius 2 is 1.97 bits per heavy atom. The zero-order valence-corrected chi connectivity index (χ0v) is 20.3. The number of aliphatic hydroxyl groups is 1.